The molecule has 0 aromatic heterocycles. The standard InChI is InChI=1S/C12H23NO.ClH.Zn/c14-13-12-10-8-6-4-2-1-3-5-7-9-11-12;;/h14H,1-11H2;1H;. The Morgan fingerprint density at radius 3 is 1.31 bits per heavy atom. The van der Waals surface area contributed by atoms with Crippen LogP contribution in [0.5, 0.6) is 0 Å². The summed E-state index contributed by atoms with van der Waals surface area (Å²) in [6.07, 6.45) is 14.0. The molecule has 1 aliphatic rings. The fraction of sp³-hybridized carbons (Fsp3) is 0.917. The quantitative estimate of drug-likeness (QED) is 0.397. The Bertz CT molecular complexity index is 162. The average Bonchev–Trinajstić information content (AvgIpc) is 2.19. The average molecular weight is 299 g/mol. The molecule has 0 saturated heterocycles. The minimum absolute atomic E-state index is 0. The smallest absolute Gasteiger partial charge is 0.0570 e. The monoisotopic (exact) mass is 297 g/mol. The van der Waals surface area contributed by atoms with Gasteiger partial charge >= 0.3 is 0 Å². The molecule has 0 heterocycles. The first kappa shape index (κ1) is 18.7. The van der Waals surface area contributed by atoms with Crippen molar-refractivity contribution in [2.24, 2.45) is 5.16 Å². The Labute approximate surface area is 118 Å². The topological polar surface area (TPSA) is 32.6 Å². The Morgan fingerprint density at radius 2 is 1.00 bits per heavy atom. The van der Waals surface area contributed by atoms with Gasteiger partial charge < -0.3 is 5.21 Å². The predicted molar refractivity (Wildman–Crippen MR) is 67.3 cm³/mol. The van der Waals surface area contributed by atoms with Gasteiger partial charge in [0.15, 0.2) is 0 Å². The van der Waals surface area contributed by atoms with Crippen molar-refractivity contribution in [2.75, 3.05) is 0 Å². The Morgan fingerprint density at radius 1 is 0.688 bits per heavy atom. The Balaban J connectivity index is 0. The van der Waals surface area contributed by atoms with E-state index in [1.807, 2.05) is 0 Å². The van der Waals surface area contributed by atoms with Gasteiger partial charge in [-0.1, -0.05) is 50.1 Å². The van der Waals surface area contributed by atoms with E-state index in [4.69, 9.17) is 5.21 Å². The molecule has 1 fully saturated rings. The molecule has 4 heteroatoms. The zero-order valence-corrected chi connectivity index (χ0v) is 14.1. The fourth-order valence-electron chi connectivity index (χ4n) is 2.12. The minimum atomic E-state index is 0. The molecule has 92 valence electrons. The van der Waals surface area contributed by atoms with Gasteiger partial charge in [-0.25, -0.2) is 0 Å². The molecule has 1 saturated carbocycles. The number of nitrogens with zero attached hydrogens (tertiary/aromatic N) is 1. The Hall–Kier alpha value is 0.383. The van der Waals surface area contributed by atoms with E-state index in [2.05, 4.69) is 5.16 Å². The van der Waals surface area contributed by atoms with Crippen molar-refractivity contribution < 1.29 is 24.7 Å². The molecule has 0 aromatic carbocycles. The summed E-state index contributed by atoms with van der Waals surface area (Å²) < 4.78 is 0. The molecule has 1 N–H and O–H groups in total. The van der Waals surface area contributed by atoms with Crippen molar-refractivity contribution in [2.45, 2.75) is 70.6 Å². The van der Waals surface area contributed by atoms with Crippen molar-refractivity contribution in [3.63, 3.8) is 0 Å². The minimum Gasteiger partial charge on any atom is -0.411 e. The van der Waals surface area contributed by atoms with Gasteiger partial charge in [-0.15, -0.1) is 12.4 Å². The van der Waals surface area contributed by atoms with E-state index in [1.54, 1.807) is 0 Å². The van der Waals surface area contributed by atoms with Crippen LogP contribution in [0, 0.1) is 0 Å². The van der Waals surface area contributed by atoms with E-state index < -0.39 is 0 Å². The van der Waals surface area contributed by atoms with Crippen molar-refractivity contribution in [3.8, 4) is 0 Å². The van der Waals surface area contributed by atoms with Crippen LogP contribution in [0.4, 0.5) is 0 Å². The van der Waals surface area contributed by atoms with Crippen LogP contribution in [0.15, 0.2) is 5.16 Å². The van der Waals surface area contributed by atoms with Crippen LogP contribution in [-0.4, -0.2) is 10.9 Å². The summed E-state index contributed by atoms with van der Waals surface area (Å²) in [5.41, 5.74) is 1.02. The molecule has 16 heavy (non-hydrogen) atoms. The molecule has 0 aliphatic heterocycles. The molecule has 0 unspecified atom stereocenters. The van der Waals surface area contributed by atoms with Crippen LogP contribution in [0.25, 0.3) is 0 Å². The number of hydrogen-bond donors (Lipinski definition) is 1. The zero-order valence-electron chi connectivity index (χ0n) is 10.3. The van der Waals surface area contributed by atoms with Gasteiger partial charge in [-0.3, -0.25) is 0 Å². The summed E-state index contributed by atoms with van der Waals surface area (Å²) in [6, 6.07) is 0. The van der Waals surface area contributed by atoms with Gasteiger partial charge in [-0.2, -0.15) is 0 Å². The van der Waals surface area contributed by atoms with Gasteiger partial charge in [-0.05, 0) is 25.7 Å². The molecular formula is C12H24ClNOZn. The molecule has 0 spiro atoms. The first-order valence-electron chi connectivity index (χ1n) is 6.13. The van der Waals surface area contributed by atoms with E-state index in [-0.39, 0.29) is 31.9 Å². The van der Waals surface area contributed by atoms with E-state index in [0.29, 0.717) is 0 Å². The first-order chi connectivity index (χ1) is 6.93. The molecule has 0 atom stereocenters. The maximum Gasteiger partial charge on any atom is 0.0570 e. The predicted octanol–water partition coefficient (Wildman–Crippen LogP) is 4.54. The van der Waals surface area contributed by atoms with Gasteiger partial charge in [0, 0.05) is 19.5 Å². The molecule has 0 aromatic rings. The van der Waals surface area contributed by atoms with E-state index in [0.717, 1.165) is 18.6 Å². The third-order valence-corrected chi connectivity index (χ3v) is 3.07. The van der Waals surface area contributed by atoms with E-state index in [9.17, 15) is 0 Å². The van der Waals surface area contributed by atoms with Crippen LogP contribution in [-0.2, 0) is 19.5 Å². The van der Waals surface area contributed by atoms with Gasteiger partial charge in [0.1, 0.15) is 0 Å². The van der Waals surface area contributed by atoms with Crippen LogP contribution >= 0.6 is 12.4 Å². The van der Waals surface area contributed by atoms with Crippen molar-refractivity contribution >= 4 is 18.1 Å². The third kappa shape index (κ3) is 9.60. The summed E-state index contributed by atoms with van der Waals surface area (Å²) in [5.74, 6) is 0. The summed E-state index contributed by atoms with van der Waals surface area (Å²) in [4.78, 5) is 0. The number of halogens is 1. The van der Waals surface area contributed by atoms with Crippen LogP contribution in [0.1, 0.15) is 70.6 Å². The second-order valence-corrected chi connectivity index (χ2v) is 4.35. The second kappa shape index (κ2) is 13.4. The van der Waals surface area contributed by atoms with Gasteiger partial charge in [0.25, 0.3) is 0 Å². The molecule has 0 bridgehead atoms. The van der Waals surface area contributed by atoms with Crippen LogP contribution in [0.2, 0.25) is 0 Å². The van der Waals surface area contributed by atoms with E-state index in [1.165, 1.54) is 57.8 Å². The largest absolute Gasteiger partial charge is 0.411 e. The molecular weight excluding hydrogens is 275 g/mol. The first-order valence-corrected chi connectivity index (χ1v) is 6.13. The van der Waals surface area contributed by atoms with Gasteiger partial charge in [0.2, 0.25) is 0 Å². The number of rotatable bonds is 0. The number of hydrogen-bond acceptors (Lipinski definition) is 2. The third-order valence-electron chi connectivity index (χ3n) is 3.07. The summed E-state index contributed by atoms with van der Waals surface area (Å²) in [6.45, 7) is 0. The SMILES string of the molecule is Cl.ON=C1CCCCCCCCCCC1.[Zn]. The van der Waals surface area contributed by atoms with Crippen LogP contribution < -0.4 is 0 Å². The molecule has 1 aliphatic carbocycles. The van der Waals surface area contributed by atoms with Crippen LogP contribution in [0.3, 0.4) is 0 Å². The molecule has 2 nitrogen and oxygen atoms in total. The molecule has 0 radical (unpaired) electrons. The molecule has 0 amide bonds. The van der Waals surface area contributed by atoms with Crippen molar-refractivity contribution in [1.29, 1.82) is 0 Å². The zero-order chi connectivity index (χ0) is 10.1. The van der Waals surface area contributed by atoms with E-state index >= 15 is 0 Å². The maximum atomic E-state index is 8.78. The maximum absolute atomic E-state index is 8.78. The second-order valence-electron chi connectivity index (χ2n) is 4.35. The van der Waals surface area contributed by atoms with Gasteiger partial charge in [0.05, 0.1) is 5.71 Å². The normalized spacial score (nSPS) is 19.4. The summed E-state index contributed by atoms with van der Waals surface area (Å²) in [7, 11) is 0. The summed E-state index contributed by atoms with van der Waals surface area (Å²) >= 11 is 0. The fourth-order valence-corrected chi connectivity index (χ4v) is 2.12. The van der Waals surface area contributed by atoms with Crippen molar-refractivity contribution in [1.82, 2.24) is 0 Å². The van der Waals surface area contributed by atoms with Crippen molar-refractivity contribution in [3.05, 3.63) is 0 Å². The molecule has 1 rings (SSSR count). The summed E-state index contributed by atoms with van der Waals surface area (Å²) in [5, 5.41) is 12.2. The number of oxime groups is 1. The Kier molecular flexibility index (Phi) is 15.8.